The summed E-state index contributed by atoms with van der Waals surface area (Å²) in [6.07, 6.45) is 0. The topological polar surface area (TPSA) is 64.3 Å². The van der Waals surface area contributed by atoms with Crippen LogP contribution in [0.15, 0.2) is 29.2 Å². The second kappa shape index (κ2) is 8.13. The number of benzene rings is 1. The standard InChI is InChI=1S/C13H20N2O2S/c1-10(13(14)16)18-12-5-3-11(4-6-12)9-15-7-8-17-2/h3-6,10,15H,7-9H2,1-2H3,(H2,14,16). The number of nitrogens with one attached hydrogen (secondary N) is 1. The Morgan fingerprint density at radius 2 is 2.11 bits per heavy atom. The molecule has 0 heterocycles. The zero-order valence-electron chi connectivity index (χ0n) is 10.8. The molecule has 5 heteroatoms. The number of nitrogens with two attached hydrogens (primary N) is 1. The smallest absolute Gasteiger partial charge is 0.230 e. The third kappa shape index (κ3) is 5.53. The third-order valence-electron chi connectivity index (χ3n) is 2.45. The summed E-state index contributed by atoms with van der Waals surface area (Å²) in [7, 11) is 1.69. The number of primary amides is 1. The highest BCUT2D eigenvalue weighted by Gasteiger charge is 2.09. The lowest BCUT2D eigenvalue weighted by atomic mass is 10.2. The minimum atomic E-state index is -0.287. The van der Waals surface area contributed by atoms with Crippen LogP contribution in [0.4, 0.5) is 0 Å². The summed E-state index contributed by atoms with van der Waals surface area (Å²) in [5, 5.41) is 3.08. The van der Waals surface area contributed by atoms with E-state index in [-0.39, 0.29) is 11.2 Å². The van der Waals surface area contributed by atoms with E-state index in [1.54, 1.807) is 7.11 Å². The van der Waals surface area contributed by atoms with Crippen molar-refractivity contribution < 1.29 is 9.53 Å². The Kier molecular flexibility index (Phi) is 6.78. The first-order chi connectivity index (χ1) is 8.63. The molecular formula is C13H20N2O2S. The van der Waals surface area contributed by atoms with E-state index in [0.29, 0.717) is 6.61 Å². The van der Waals surface area contributed by atoms with Crippen molar-refractivity contribution in [3.8, 4) is 0 Å². The first-order valence-corrected chi connectivity index (χ1v) is 6.76. The Morgan fingerprint density at radius 3 is 2.67 bits per heavy atom. The number of amides is 1. The second-order valence-electron chi connectivity index (χ2n) is 3.98. The monoisotopic (exact) mass is 268 g/mol. The van der Waals surface area contributed by atoms with E-state index in [0.717, 1.165) is 18.0 Å². The minimum absolute atomic E-state index is 0.198. The van der Waals surface area contributed by atoms with Crippen molar-refractivity contribution in [1.82, 2.24) is 5.32 Å². The van der Waals surface area contributed by atoms with Crippen molar-refractivity contribution in [2.45, 2.75) is 23.6 Å². The molecule has 0 spiro atoms. The Labute approximate surface area is 112 Å². The predicted octanol–water partition coefficient (Wildman–Crippen LogP) is 1.39. The maximum absolute atomic E-state index is 11.0. The van der Waals surface area contributed by atoms with Gasteiger partial charge in [-0.2, -0.15) is 0 Å². The van der Waals surface area contributed by atoms with E-state index in [2.05, 4.69) is 17.4 Å². The van der Waals surface area contributed by atoms with E-state index in [1.165, 1.54) is 17.3 Å². The zero-order valence-corrected chi connectivity index (χ0v) is 11.6. The van der Waals surface area contributed by atoms with Crippen molar-refractivity contribution >= 4 is 17.7 Å². The maximum Gasteiger partial charge on any atom is 0.230 e. The van der Waals surface area contributed by atoms with Crippen LogP contribution >= 0.6 is 11.8 Å². The van der Waals surface area contributed by atoms with Gasteiger partial charge in [0.2, 0.25) is 5.91 Å². The normalized spacial score (nSPS) is 12.3. The molecule has 0 aliphatic carbocycles. The van der Waals surface area contributed by atoms with Gasteiger partial charge in [-0.15, -0.1) is 11.8 Å². The second-order valence-corrected chi connectivity index (χ2v) is 5.39. The number of ether oxygens (including phenoxy) is 1. The molecule has 3 N–H and O–H groups in total. The quantitative estimate of drug-likeness (QED) is 0.552. The van der Waals surface area contributed by atoms with E-state index in [4.69, 9.17) is 10.5 Å². The molecule has 18 heavy (non-hydrogen) atoms. The summed E-state index contributed by atoms with van der Waals surface area (Å²) in [6.45, 7) is 4.18. The van der Waals surface area contributed by atoms with Crippen molar-refractivity contribution in [3.05, 3.63) is 29.8 Å². The fourth-order valence-corrected chi connectivity index (χ4v) is 2.17. The molecule has 0 radical (unpaired) electrons. The molecule has 100 valence electrons. The van der Waals surface area contributed by atoms with Gasteiger partial charge in [0.1, 0.15) is 0 Å². The molecule has 1 aromatic rings. The summed E-state index contributed by atoms with van der Waals surface area (Å²) in [5.74, 6) is -0.287. The average Bonchev–Trinajstić information content (AvgIpc) is 2.36. The lowest BCUT2D eigenvalue weighted by molar-refractivity contribution is -0.117. The predicted molar refractivity (Wildman–Crippen MR) is 74.5 cm³/mol. The average molecular weight is 268 g/mol. The highest BCUT2D eigenvalue weighted by molar-refractivity contribution is 8.00. The van der Waals surface area contributed by atoms with Gasteiger partial charge in [0, 0.05) is 25.1 Å². The molecule has 0 saturated heterocycles. The van der Waals surface area contributed by atoms with Gasteiger partial charge in [0.05, 0.1) is 11.9 Å². The molecule has 0 bridgehead atoms. The lowest BCUT2D eigenvalue weighted by Crippen LogP contribution is -2.22. The van der Waals surface area contributed by atoms with Crippen LogP contribution in [-0.4, -0.2) is 31.4 Å². The largest absolute Gasteiger partial charge is 0.383 e. The number of rotatable bonds is 8. The van der Waals surface area contributed by atoms with Gasteiger partial charge in [-0.05, 0) is 24.6 Å². The van der Waals surface area contributed by atoms with Crippen LogP contribution < -0.4 is 11.1 Å². The van der Waals surface area contributed by atoms with Crippen LogP contribution in [0.1, 0.15) is 12.5 Å². The van der Waals surface area contributed by atoms with Gasteiger partial charge in [0.25, 0.3) is 0 Å². The first-order valence-electron chi connectivity index (χ1n) is 5.88. The van der Waals surface area contributed by atoms with Crippen molar-refractivity contribution in [2.75, 3.05) is 20.3 Å². The Balaban J connectivity index is 2.40. The molecule has 0 aliphatic heterocycles. The van der Waals surface area contributed by atoms with Crippen molar-refractivity contribution in [2.24, 2.45) is 5.73 Å². The fraction of sp³-hybridized carbons (Fsp3) is 0.462. The first kappa shape index (κ1) is 15.0. The molecule has 4 nitrogen and oxygen atoms in total. The van der Waals surface area contributed by atoms with Crippen LogP contribution in [0.2, 0.25) is 0 Å². The molecule has 0 saturated carbocycles. The molecule has 1 unspecified atom stereocenters. The van der Waals surface area contributed by atoms with E-state index >= 15 is 0 Å². The van der Waals surface area contributed by atoms with Crippen LogP contribution in [0.25, 0.3) is 0 Å². The summed E-state index contributed by atoms with van der Waals surface area (Å²) < 4.78 is 4.96. The van der Waals surface area contributed by atoms with E-state index < -0.39 is 0 Å². The molecule has 0 fully saturated rings. The molecule has 1 rings (SSSR count). The highest BCUT2D eigenvalue weighted by atomic mass is 32.2. The number of carbonyl (C=O) groups is 1. The van der Waals surface area contributed by atoms with Gasteiger partial charge in [-0.3, -0.25) is 4.79 Å². The number of hydrogen-bond donors (Lipinski definition) is 2. The Bertz CT molecular complexity index is 368. The van der Waals surface area contributed by atoms with Crippen LogP contribution in [0, 0.1) is 0 Å². The molecule has 0 aromatic heterocycles. The van der Waals surface area contributed by atoms with Gasteiger partial charge >= 0.3 is 0 Å². The minimum Gasteiger partial charge on any atom is -0.383 e. The molecule has 0 aliphatic rings. The number of methoxy groups -OCH3 is 1. The van der Waals surface area contributed by atoms with Crippen LogP contribution in [-0.2, 0) is 16.1 Å². The molecular weight excluding hydrogens is 248 g/mol. The van der Waals surface area contributed by atoms with Gasteiger partial charge in [-0.25, -0.2) is 0 Å². The molecule has 1 amide bonds. The fourth-order valence-electron chi connectivity index (χ4n) is 1.36. The lowest BCUT2D eigenvalue weighted by Gasteiger charge is -2.08. The van der Waals surface area contributed by atoms with Gasteiger partial charge in [0.15, 0.2) is 0 Å². The van der Waals surface area contributed by atoms with Crippen molar-refractivity contribution in [3.63, 3.8) is 0 Å². The third-order valence-corrected chi connectivity index (χ3v) is 3.58. The van der Waals surface area contributed by atoms with Crippen LogP contribution in [0.5, 0.6) is 0 Å². The van der Waals surface area contributed by atoms with Crippen LogP contribution in [0.3, 0.4) is 0 Å². The van der Waals surface area contributed by atoms with Crippen molar-refractivity contribution in [1.29, 1.82) is 0 Å². The van der Waals surface area contributed by atoms with Gasteiger partial charge in [-0.1, -0.05) is 12.1 Å². The van der Waals surface area contributed by atoms with Gasteiger partial charge < -0.3 is 15.8 Å². The maximum atomic E-state index is 11.0. The summed E-state index contributed by atoms with van der Waals surface area (Å²) in [5.41, 5.74) is 6.44. The Hall–Kier alpha value is -1.04. The summed E-state index contributed by atoms with van der Waals surface area (Å²) >= 11 is 1.48. The zero-order chi connectivity index (χ0) is 13.4. The Morgan fingerprint density at radius 1 is 1.44 bits per heavy atom. The van der Waals surface area contributed by atoms with E-state index in [9.17, 15) is 4.79 Å². The number of carbonyl (C=O) groups excluding carboxylic acids is 1. The number of hydrogen-bond acceptors (Lipinski definition) is 4. The number of thioether (sulfide) groups is 1. The van der Waals surface area contributed by atoms with E-state index in [1.807, 2.05) is 19.1 Å². The SMILES string of the molecule is COCCNCc1ccc(SC(C)C(N)=O)cc1. The highest BCUT2D eigenvalue weighted by Crippen LogP contribution is 2.23. The summed E-state index contributed by atoms with van der Waals surface area (Å²) in [4.78, 5) is 12.0. The molecule has 1 aromatic carbocycles. The summed E-state index contributed by atoms with van der Waals surface area (Å²) in [6, 6.07) is 8.13. The molecule has 1 atom stereocenters.